The van der Waals surface area contributed by atoms with E-state index in [1.165, 1.54) is 27.3 Å². The van der Waals surface area contributed by atoms with Gasteiger partial charge < -0.3 is 4.90 Å². The summed E-state index contributed by atoms with van der Waals surface area (Å²) in [5, 5.41) is 0. The zero-order valence-corrected chi connectivity index (χ0v) is 20.2. The summed E-state index contributed by atoms with van der Waals surface area (Å²) in [6.07, 6.45) is 5.08. The molecule has 2 aliphatic rings. The van der Waals surface area contributed by atoms with E-state index in [4.69, 9.17) is 17.2 Å². The fourth-order valence-electron chi connectivity index (χ4n) is 4.31. The summed E-state index contributed by atoms with van der Waals surface area (Å²) in [5.41, 5.74) is 3.36. The van der Waals surface area contributed by atoms with E-state index in [-0.39, 0.29) is 17.5 Å². The van der Waals surface area contributed by atoms with Crippen LogP contribution in [0.5, 0.6) is 0 Å². The minimum Gasteiger partial charge on any atom is -0.351 e. The van der Waals surface area contributed by atoms with E-state index in [2.05, 4.69) is 23.1 Å². The SMILES string of the molecule is CC[C@H](C)N1C(=O)/C(=C/c2c(N3CCc4ccccc4C3)nc3ccccn3c2=O)SC1=S. The number of carbonyl (C=O) groups is 1. The first-order chi connectivity index (χ1) is 16.0. The number of aromatic nitrogens is 2. The van der Waals surface area contributed by atoms with Crippen molar-refractivity contribution in [3.8, 4) is 0 Å². The van der Waals surface area contributed by atoms with Crippen molar-refractivity contribution >= 4 is 51.7 Å². The lowest BCUT2D eigenvalue weighted by molar-refractivity contribution is -0.123. The van der Waals surface area contributed by atoms with Crippen molar-refractivity contribution in [1.29, 1.82) is 0 Å². The van der Waals surface area contributed by atoms with Crippen LogP contribution in [0.25, 0.3) is 11.7 Å². The van der Waals surface area contributed by atoms with Crippen molar-refractivity contribution in [1.82, 2.24) is 14.3 Å². The molecule has 0 spiro atoms. The third-order valence-corrected chi connectivity index (χ3v) is 7.64. The van der Waals surface area contributed by atoms with Crippen molar-refractivity contribution in [2.24, 2.45) is 0 Å². The molecule has 3 aromatic rings. The molecule has 0 radical (unpaired) electrons. The molecule has 0 unspecified atom stereocenters. The molecule has 2 aromatic heterocycles. The molecular weight excluding hydrogens is 452 g/mol. The predicted molar refractivity (Wildman–Crippen MR) is 137 cm³/mol. The fourth-order valence-corrected chi connectivity index (χ4v) is 5.75. The van der Waals surface area contributed by atoms with Gasteiger partial charge in [-0.05, 0) is 49.1 Å². The number of rotatable bonds is 4. The van der Waals surface area contributed by atoms with Gasteiger partial charge in [-0.3, -0.25) is 18.9 Å². The van der Waals surface area contributed by atoms with E-state index in [0.29, 0.717) is 32.8 Å². The van der Waals surface area contributed by atoms with Gasteiger partial charge >= 0.3 is 0 Å². The lowest BCUT2D eigenvalue weighted by Crippen LogP contribution is -2.36. The van der Waals surface area contributed by atoms with Crippen LogP contribution in [0.4, 0.5) is 5.82 Å². The zero-order chi connectivity index (χ0) is 23.1. The molecule has 4 heterocycles. The van der Waals surface area contributed by atoms with E-state index in [0.717, 1.165) is 19.4 Å². The largest absolute Gasteiger partial charge is 0.351 e. The number of fused-ring (bicyclic) bond motifs is 2. The molecule has 0 aliphatic carbocycles. The smallest absolute Gasteiger partial charge is 0.267 e. The van der Waals surface area contributed by atoms with Crippen LogP contribution in [-0.2, 0) is 17.8 Å². The average Bonchev–Trinajstić information content (AvgIpc) is 3.12. The highest BCUT2D eigenvalue weighted by atomic mass is 32.2. The van der Waals surface area contributed by atoms with Crippen molar-refractivity contribution in [3.05, 3.63) is 80.6 Å². The summed E-state index contributed by atoms with van der Waals surface area (Å²) in [5.74, 6) is 0.460. The summed E-state index contributed by atoms with van der Waals surface area (Å²) in [4.78, 5) is 35.8. The summed E-state index contributed by atoms with van der Waals surface area (Å²) in [6.45, 7) is 5.43. The number of hydrogen-bond donors (Lipinski definition) is 0. The lowest BCUT2D eigenvalue weighted by Gasteiger charge is -2.30. The number of hydrogen-bond acceptors (Lipinski definition) is 6. The molecular formula is C25H24N4O2S2. The molecule has 6 nitrogen and oxygen atoms in total. The first-order valence-electron chi connectivity index (χ1n) is 11.1. The Balaban J connectivity index is 1.64. The normalized spacial score (nSPS) is 18.3. The van der Waals surface area contributed by atoms with Crippen LogP contribution in [0.3, 0.4) is 0 Å². The van der Waals surface area contributed by atoms with Gasteiger partial charge in [0.1, 0.15) is 15.8 Å². The zero-order valence-electron chi connectivity index (χ0n) is 18.5. The first kappa shape index (κ1) is 21.9. The number of thiocarbonyl (C=S) groups is 1. The maximum atomic E-state index is 13.6. The van der Waals surface area contributed by atoms with Gasteiger partial charge in [0.25, 0.3) is 11.5 Å². The molecule has 1 fully saturated rings. The third kappa shape index (κ3) is 3.87. The molecule has 1 atom stereocenters. The predicted octanol–water partition coefficient (Wildman–Crippen LogP) is 4.26. The molecule has 0 saturated carbocycles. The Labute approximate surface area is 201 Å². The molecule has 1 aromatic carbocycles. The second kappa shape index (κ2) is 8.76. The maximum absolute atomic E-state index is 13.6. The minimum atomic E-state index is -0.191. The second-order valence-electron chi connectivity index (χ2n) is 8.33. The topological polar surface area (TPSA) is 57.9 Å². The fraction of sp³-hybridized carbons (Fsp3) is 0.280. The summed E-state index contributed by atoms with van der Waals surface area (Å²) in [6, 6.07) is 13.9. The Kier molecular flexibility index (Phi) is 5.80. The van der Waals surface area contributed by atoms with Gasteiger partial charge in [-0.25, -0.2) is 4.98 Å². The Hall–Kier alpha value is -2.97. The molecule has 168 valence electrons. The quantitative estimate of drug-likeness (QED) is 0.414. The third-order valence-electron chi connectivity index (χ3n) is 6.31. The Morgan fingerprint density at radius 1 is 1.15 bits per heavy atom. The van der Waals surface area contributed by atoms with E-state index in [1.807, 2.05) is 32.0 Å². The molecule has 0 bridgehead atoms. The Morgan fingerprint density at radius 3 is 2.70 bits per heavy atom. The number of thioether (sulfide) groups is 1. The van der Waals surface area contributed by atoms with Crippen LogP contribution in [0.15, 0.2) is 58.4 Å². The lowest BCUT2D eigenvalue weighted by atomic mass is 9.99. The number of benzene rings is 1. The van der Waals surface area contributed by atoms with Gasteiger partial charge in [0.05, 0.1) is 10.5 Å². The number of carbonyl (C=O) groups excluding carboxylic acids is 1. The Bertz CT molecular complexity index is 1360. The average molecular weight is 477 g/mol. The van der Waals surface area contributed by atoms with Crippen molar-refractivity contribution < 1.29 is 4.79 Å². The van der Waals surface area contributed by atoms with Gasteiger partial charge in [0, 0.05) is 25.3 Å². The number of nitrogens with zero attached hydrogens (tertiary/aromatic N) is 4. The van der Waals surface area contributed by atoms with Crippen molar-refractivity contribution in [2.45, 2.75) is 39.3 Å². The standard InChI is InChI=1S/C25H24N4O2S2/c1-3-16(2)29-24(31)20(33-25(29)32)14-19-22(26-21-10-6-7-12-28(21)23(19)30)27-13-11-17-8-4-5-9-18(17)15-27/h4-10,12,14,16H,3,11,13,15H2,1-2H3/b20-14-/t16-/m0/s1. The molecule has 1 saturated heterocycles. The molecule has 2 aliphatic heterocycles. The number of pyridine rings is 1. The van der Waals surface area contributed by atoms with E-state index < -0.39 is 0 Å². The van der Waals surface area contributed by atoms with Crippen molar-refractivity contribution in [2.75, 3.05) is 11.4 Å². The molecule has 0 N–H and O–H groups in total. The van der Waals surface area contributed by atoms with Gasteiger partial charge in [-0.1, -0.05) is 61.2 Å². The monoisotopic (exact) mass is 476 g/mol. The van der Waals surface area contributed by atoms with Crippen LogP contribution in [-0.4, -0.2) is 37.1 Å². The van der Waals surface area contributed by atoms with E-state index >= 15 is 0 Å². The second-order valence-corrected chi connectivity index (χ2v) is 10.0. The first-order valence-corrected chi connectivity index (χ1v) is 12.3. The highest BCUT2D eigenvalue weighted by Crippen LogP contribution is 2.35. The molecule has 8 heteroatoms. The summed E-state index contributed by atoms with van der Waals surface area (Å²) < 4.78 is 2.06. The van der Waals surface area contributed by atoms with Gasteiger partial charge in [0.2, 0.25) is 0 Å². The minimum absolute atomic E-state index is 0.0114. The van der Waals surface area contributed by atoms with E-state index in [9.17, 15) is 9.59 Å². The highest BCUT2D eigenvalue weighted by molar-refractivity contribution is 8.26. The number of anilines is 1. The summed E-state index contributed by atoms with van der Waals surface area (Å²) >= 11 is 6.74. The van der Waals surface area contributed by atoms with Crippen LogP contribution in [0.1, 0.15) is 37.0 Å². The van der Waals surface area contributed by atoms with Crippen molar-refractivity contribution in [3.63, 3.8) is 0 Å². The van der Waals surface area contributed by atoms with Crippen LogP contribution in [0, 0.1) is 0 Å². The number of amides is 1. The maximum Gasteiger partial charge on any atom is 0.267 e. The van der Waals surface area contributed by atoms with E-state index in [1.54, 1.807) is 23.2 Å². The highest BCUT2D eigenvalue weighted by Gasteiger charge is 2.35. The van der Waals surface area contributed by atoms with Crippen LogP contribution in [0.2, 0.25) is 0 Å². The van der Waals surface area contributed by atoms with Gasteiger partial charge in [-0.2, -0.15) is 0 Å². The van der Waals surface area contributed by atoms with Crippen LogP contribution >= 0.6 is 24.0 Å². The molecule has 33 heavy (non-hydrogen) atoms. The molecule has 1 amide bonds. The Morgan fingerprint density at radius 2 is 1.91 bits per heavy atom. The van der Waals surface area contributed by atoms with Gasteiger partial charge in [0.15, 0.2) is 0 Å². The van der Waals surface area contributed by atoms with Crippen LogP contribution < -0.4 is 10.5 Å². The summed E-state index contributed by atoms with van der Waals surface area (Å²) in [7, 11) is 0. The molecule has 5 rings (SSSR count). The van der Waals surface area contributed by atoms with Gasteiger partial charge in [-0.15, -0.1) is 0 Å².